The van der Waals surface area contributed by atoms with Gasteiger partial charge in [0, 0.05) is 6.42 Å². The number of hydrogen-bond donors (Lipinski definition) is 2. The summed E-state index contributed by atoms with van der Waals surface area (Å²) in [4.78, 5) is 23.2. The van der Waals surface area contributed by atoms with E-state index in [2.05, 4.69) is 5.32 Å². The Labute approximate surface area is 116 Å². The Morgan fingerprint density at radius 1 is 1.30 bits per heavy atom. The Morgan fingerprint density at radius 3 is 2.55 bits per heavy atom. The van der Waals surface area contributed by atoms with Crippen molar-refractivity contribution in [3.8, 4) is 5.75 Å². The SMILES string of the molecule is Cc1cc2c(cc1C)O[C@H](C(=O)NC1(C(=O)O)CC1)C2. The molecule has 2 N–H and O–H groups in total. The van der Waals surface area contributed by atoms with Gasteiger partial charge in [-0.2, -0.15) is 0 Å². The fourth-order valence-corrected chi connectivity index (χ4v) is 2.49. The summed E-state index contributed by atoms with van der Waals surface area (Å²) in [5.41, 5.74) is 2.24. The third kappa shape index (κ3) is 2.03. The van der Waals surface area contributed by atoms with Gasteiger partial charge in [0.25, 0.3) is 5.91 Å². The van der Waals surface area contributed by atoms with Crippen LogP contribution in [0.4, 0.5) is 0 Å². The molecule has 1 aliphatic heterocycles. The average Bonchev–Trinajstić information content (AvgIpc) is 3.05. The van der Waals surface area contributed by atoms with Crippen molar-refractivity contribution in [2.45, 2.75) is 44.8 Å². The highest BCUT2D eigenvalue weighted by atomic mass is 16.5. The first-order valence-electron chi connectivity index (χ1n) is 6.73. The molecule has 1 fully saturated rings. The van der Waals surface area contributed by atoms with Gasteiger partial charge in [-0.05, 0) is 49.4 Å². The fraction of sp³-hybridized carbons (Fsp3) is 0.467. The molecule has 0 unspecified atom stereocenters. The molecule has 1 amide bonds. The van der Waals surface area contributed by atoms with E-state index < -0.39 is 17.6 Å². The number of aryl methyl sites for hydroxylation is 2. The molecule has 5 nitrogen and oxygen atoms in total. The first-order valence-corrected chi connectivity index (χ1v) is 6.73. The van der Waals surface area contributed by atoms with E-state index in [0.717, 1.165) is 22.4 Å². The van der Waals surface area contributed by atoms with Gasteiger partial charge in [0.05, 0.1) is 0 Å². The van der Waals surface area contributed by atoms with Crippen LogP contribution in [0.5, 0.6) is 5.75 Å². The molecule has 1 aromatic carbocycles. The van der Waals surface area contributed by atoms with Crippen molar-refractivity contribution in [3.05, 3.63) is 28.8 Å². The van der Waals surface area contributed by atoms with Crippen molar-refractivity contribution in [3.63, 3.8) is 0 Å². The number of carbonyl (C=O) groups excluding carboxylic acids is 1. The van der Waals surface area contributed by atoms with E-state index in [0.29, 0.717) is 19.3 Å². The summed E-state index contributed by atoms with van der Waals surface area (Å²) < 4.78 is 5.65. The summed E-state index contributed by atoms with van der Waals surface area (Å²) >= 11 is 0. The summed E-state index contributed by atoms with van der Waals surface area (Å²) in [7, 11) is 0. The second-order valence-corrected chi connectivity index (χ2v) is 5.73. The van der Waals surface area contributed by atoms with Crippen molar-refractivity contribution in [2.24, 2.45) is 0 Å². The van der Waals surface area contributed by atoms with E-state index in [4.69, 9.17) is 9.84 Å². The number of fused-ring (bicyclic) bond motifs is 1. The molecule has 1 saturated carbocycles. The van der Waals surface area contributed by atoms with Crippen LogP contribution in [0, 0.1) is 13.8 Å². The maximum Gasteiger partial charge on any atom is 0.329 e. The molecular weight excluding hydrogens is 258 g/mol. The van der Waals surface area contributed by atoms with Gasteiger partial charge >= 0.3 is 5.97 Å². The monoisotopic (exact) mass is 275 g/mol. The van der Waals surface area contributed by atoms with Crippen LogP contribution >= 0.6 is 0 Å². The van der Waals surface area contributed by atoms with E-state index in [1.165, 1.54) is 0 Å². The zero-order valence-corrected chi connectivity index (χ0v) is 11.5. The third-order valence-corrected chi connectivity index (χ3v) is 4.17. The number of ether oxygens (including phenoxy) is 1. The van der Waals surface area contributed by atoms with Crippen LogP contribution in [0.3, 0.4) is 0 Å². The first kappa shape index (κ1) is 13.0. The van der Waals surface area contributed by atoms with Crippen molar-refractivity contribution in [2.75, 3.05) is 0 Å². The Bertz CT molecular complexity index is 573. The molecule has 0 saturated heterocycles. The van der Waals surface area contributed by atoms with Crippen molar-refractivity contribution in [1.29, 1.82) is 0 Å². The lowest BCUT2D eigenvalue weighted by Gasteiger charge is -2.16. The van der Waals surface area contributed by atoms with E-state index >= 15 is 0 Å². The van der Waals surface area contributed by atoms with Gasteiger partial charge in [0.15, 0.2) is 6.10 Å². The summed E-state index contributed by atoms with van der Waals surface area (Å²) in [6.07, 6.45) is 0.860. The molecule has 1 atom stereocenters. The predicted octanol–water partition coefficient (Wildman–Crippen LogP) is 1.34. The van der Waals surface area contributed by atoms with E-state index in [-0.39, 0.29) is 5.91 Å². The molecule has 0 bridgehead atoms. The number of hydrogen-bond acceptors (Lipinski definition) is 3. The number of nitrogens with one attached hydrogen (secondary N) is 1. The Balaban J connectivity index is 1.72. The van der Waals surface area contributed by atoms with Crippen molar-refractivity contribution in [1.82, 2.24) is 5.32 Å². The Kier molecular flexibility index (Phi) is 2.74. The summed E-state index contributed by atoms with van der Waals surface area (Å²) in [6, 6.07) is 3.96. The summed E-state index contributed by atoms with van der Waals surface area (Å²) in [6.45, 7) is 4.02. The van der Waals surface area contributed by atoms with Gasteiger partial charge in [-0.25, -0.2) is 4.79 Å². The van der Waals surface area contributed by atoms with Gasteiger partial charge in [0.1, 0.15) is 11.3 Å². The van der Waals surface area contributed by atoms with Gasteiger partial charge in [-0.1, -0.05) is 6.07 Å². The maximum atomic E-state index is 12.1. The van der Waals surface area contributed by atoms with Crippen LogP contribution in [0.15, 0.2) is 12.1 Å². The standard InChI is InChI=1S/C15H17NO4/c1-8-5-10-7-12(20-11(10)6-9(8)2)13(17)16-15(3-4-15)14(18)19/h5-6,12H,3-4,7H2,1-2H3,(H,16,17)(H,18,19)/t12-/m0/s1. The molecular formula is C15H17NO4. The molecule has 0 radical (unpaired) electrons. The number of carboxylic acid groups (broad SMARTS) is 1. The number of aliphatic carboxylic acids is 1. The minimum absolute atomic E-state index is 0.337. The molecule has 3 rings (SSSR count). The maximum absolute atomic E-state index is 12.1. The quantitative estimate of drug-likeness (QED) is 0.873. The molecule has 1 aromatic rings. The second-order valence-electron chi connectivity index (χ2n) is 5.73. The smallest absolute Gasteiger partial charge is 0.329 e. The minimum atomic E-state index is -1.05. The Hall–Kier alpha value is -2.04. The summed E-state index contributed by atoms with van der Waals surface area (Å²) in [5, 5.41) is 11.7. The van der Waals surface area contributed by atoms with Gasteiger partial charge < -0.3 is 15.2 Å². The largest absolute Gasteiger partial charge is 0.480 e. The van der Waals surface area contributed by atoms with Gasteiger partial charge in [0.2, 0.25) is 0 Å². The van der Waals surface area contributed by atoms with E-state index in [1.807, 2.05) is 26.0 Å². The first-order chi connectivity index (χ1) is 9.41. The lowest BCUT2D eigenvalue weighted by atomic mass is 10.0. The molecule has 5 heteroatoms. The number of carbonyl (C=O) groups is 2. The third-order valence-electron chi connectivity index (χ3n) is 4.17. The zero-order chi connectivity index (χ0) is 14.5. The lowest BCUT2D eigenvalue weighted by Crippen LogP contribution is -2.48. The van der Waals surface area contributed by atoms with Crippen molar-refractivity contribution >= 4 is 11.9 Å². The number of carboxylic acids is 1. The summed E-state index contributed by atoms with van der Waals surface area (Å²) in [5.74, 6) is -0.571. The highest BCUT2D eigenvalue weighted by Gasteiger charge is 2.52. The molecule has 0 aromatic heterocycles. The number of rotatable bonds is 3. The van der Waals surface area contributed by atoms with Crippen LogP contribution in [-0.4, -0.2) is 28.6 Å². The lowest BCUT2D eigenvalue weighted by molar-refractivity contribution is -0.144. The number of amides is 1. The predicted molar refractivity (Wildman–Crippen MR) is 71.8 cm³/mol. The van der Waals surface area contributed by atoms with Crippen LogP contribution < -0.4 is 10.1 Å². The van der Waals surface area contributed by atoms with Gasteiger partial charge in [-0.3, -0.25) is 4.79 Å². The topological polar surface area (TPSA) is 75.6 Å². The zero-order valence-electron chi connectivity index (χ0n) is 11.5. The Morgan fingerprint density at radius 2 is 1.95 bits per heavy atom. The average molecular weight is 275 g/mol. The highest BCUT2D eigenvalue weighted by Crippen LogP contribution is 2.37. The molecule has 1 heterocycles. The number of benzene rings is 1. The second kappa shape index (κ2) is 4.23. The normalized spacial score (nSPS) is 21.8. The molecule has 20 heavy (non-hydrogen) atoms. The van der Waals surface area contributed by atoms with Crippen LogP contribution in [0.2, 0.25) is 0 Å². The van der Waals surface area contributed by atoms with Crippen LogP contribution in [-0.2, 0) is 16.0 Å². The fourth-order valence-electron chi connectivity index (χ4n) is 2.49. The van der Waals surface area contributed by atoms with E-state index in [1.54, 1.807) is 0 Å². The van der Waals surface area contributed by atoms with Crippen molar-refractivity contribution < 1.29 is 19.4 Å². The van der Waals surface area contributed by atoms with Gasteiger partial charge in [-0.15, -0.1) is 0 Å². The molecule has 2 aliphatic rings. The molecule has 1 aliphatic carbocycles. The highest BCUT2D eigenvalue weighted by molar-refractivity contribution is 5.91. The molecule has 0 spiro atoms. The van der Waals surface area contributed by atoms with Crippen LogP contribution in [0.25, 0.3) is 0 Å². The van der Waals surface area contributed by atoms with E-state index in [9.17, 15) is 9.59 Å². The molecule has 106 valence electrons. The van der Waals surface area contributed by atoms with Crippen LogP contribution in [0.1, 0.15) is 29.5 Å². The minimum Gasteiger partial charge on any atom is -0.480 e.